The van der Waals surface area contributed by atoms with Crippen molar-refractivity contribution >= 4 is 5.69 Å². The van der Waals surface area contributed by atoms with Crippen molar-refractivity contribution in [3.8, 4) is 0 Å². The summed E-state index contributed by atoms with van der Waals surface area (Å²) in [6, 6.07) is 1.40. The summed E-state index contributed by atoms with van der Waals surface area (Å²) in [5.74, 6) is -4.38. The minimum absolute atomic E-state index is 0.0232. The Kier molecular flexibility index (Phi) is 5.05. The lowest BCUT2D eigenvalue weighted by Gasteiger charge is -2.32. The van der Waals surface area contributed by atoms with Gasteiger partial charge in [-0.3, -0.25) is 0 Å². The van der Waals surface area contributed by atoms with E-state index in [0.29, 0.717) is 17.8 Å². The predicted octanol–water partition coefficient (Wildman–Crippen LogP) is 3.17. The number of anilines is 1. The van der Waals surface area contributed by atoms with Crippen LogP contribution in [0.3, 0.4) is 0 Å². The molecule has 2 N–H and O–H groups in total. The molecule has 1 aliphatic heterocycles. The molecule has 0 amide bonds. The summed E-state index contributed by atoms with van der Waals surface area (Å²) in [5.41, 5.74) is 5.85. The van der Waals surface area contributed by atoms with Gasteiger partial charge in [0.05, 0.1) is 17.5 Å². The Labute approximate surface area is 131 Å². The van der Waals surface area contributed by atoms with Crippen molar-refractivity contribution in [1.29, 1.82) is 0 Å². The Hall–Kier alpha value is -2.77. The van der Waals surface area contributed by atoms with Gasteiger partial charge < -0.3 is 10.6 Å². The molecule has 23 heavy (non-hydrogen) atoms. The van der Waals surface area contributed by atoms with Crippen LogP contribution in [0.15, 0.2) is 53.7 Å². The number of allylic oxidation sites excluding steroid dienone is 2. The van der Waals surface area contributed by atoms with E-state index in [4.69, 9.17) is 5.73 Å². The second-order valence-corrected chi connectivity index (χ2v) is 4.89. The van der Waals surface area contributed by atoms with Crippen LogP contribution in [0.2, 0.25) is 0 Å². The van der Waals surface area contributed by atoms with Gasteiger partial charge in [-0.25, -0.2) is 18.2 Å². The molecule has 1 aromatic rings. The molecule has 0 aromatic heterocycles. The van der Waals surface area contributed by atoms with Gasteiger partial charge in [0.25, 0.3) is 0 Å². The van der Waals surface area contributed by atoms with Gasteiger partial charge >= 0.3 is 0 Å². The van der Waals surface area contributed by atoms with Crippen LogP contribution in [0.5, 0.6) is 0 Å². The molecule has 0 bridgehead atoms. The van der Waals surface area contributed by atoms with Crippen LogP contribution < -0.4 is 10.7 Å². The highest BCUT2D eigenvalue weighted by atomic mass is 19.2. The fourth-order valence-corrected chi connectivity index (χ4v) is 2.24. The van der Waals surface area contributed by atoms with Gasteiger partial charge in [-0.2, -0.15) is 0 Å². The molecule has 2 rings (SSSR count). The van der Waals surface area contributed by atoms with E-state index in [1.807, 2.05) is 13.0 Å². The first kappa shape index (κ1) is 16.6. The van der Waals surface area contributed by atoms with E-state index in [0.717, 1.165) is 5.01 Å². The Balaban J connectivity index is 2.30. The van der Waals surface area contributed by atoms with Crippen LogP contribution in [0.4, 0.5) is 18.9 Å². The molecular weight excluding hydrogens is 309 g/mol. The van der Waals surface area contributed by atoms with Crippen molar-refractivity contribution in [2.24, 2.45) is 11.0 Å². The van der Waals surface area contributed by atoms with Gasteiger partial charge in [0.1, 0.15) is 0 Å². The minimum Gasteiger partial charge on any atom is -0.403 e. The van der Waals surface area contributed by atoms with Crippen molar-refractivity contribution in [1.82, 2.24) is 4.90 Å². The molecule has 122 valence electrons. The summed E-state index contributed by atoms with van der Waals surface area (Å²) in [5, 5.41) is 3.60. The number of nitrogens with zero attached hydrogens (tertiary/aromatic N) is 3. The van der Waals surface area contributed by atoms with Crippen LogP contribution in [0, 0.1) is 22.4 Å². The third-order valence-corrected chi connectivity index (χ3v) is 3.37. The van der Waals surface area contributed by atoms with Crippen molar-refractivity contribution in [2.75, 3.05) is 11.6 Å². The average molecular weight is 324 g/mol. The first-order chi connectivity index (χ1) is 11.0. The van der Waals surface area contributed by atoms with E-state index >= 15 is 0 Å². The molecule has 0 radical (unpaired) electrons. The molecule has 0 fully saturated rings. The van der Waals surface area contributed by atoms with Gasteiger partial charge in [-0.15, -0.1) is 4.91 Å². The quantitative estimate of drug-likeness (QED) is 0.513. The third kappa shape index (κ3) is 3.53. The predicted molar refractivity (Wildman–Crippen MR) is 81.3 cm³/mol. The number of benzene rings is 1. The third-order valence-electron chi connectivity index (χ3n) is 3.37. The highest BCUT2D eigenvalue weighted by Crippen LogP contribution is 2.24. The maximum atomic E-state index is 13.3. The Bertz CT molecular complexity index is 664. The lowest BCUT2D eigenvalue weighted by molar-refractivity contribution is 0.400. The van der Waals surface area contributed by atoms with E-state index in [9.17, 15) is 18.1 Å². The Morgan fingerprint density at radius 1 is 1.35 bits per heavy atom. The average Bonchev–Trinajstić information content (AvgIpc) is 2.52. The normalized spacial score (nSPS) is 17.5. The van der Waals surface area contributed by atoms with Crippen LogP contribution in [-0.4, -0.2) is 17.5 Å². The van der Waals surface area contributed by atoms with Gasteiger partial charge in [0, 0.05) is 36.3 Å². The number of rotatable bonds is 5. The molecule has 1 aliphatic rings. The zero-order valence-electron chi connectivity index (χ0n) is 12.3. The summed E-state index contributed by atoms with van der Waals surface area (Å²) in [7, 11) is 0. The summed E-state index contributed by atoms with van der Waals surface area (Å²) in [6.07, 6.45) is 8.34. The summed E-state index contributed by atoms with van der Waals surface area (Å²) in [4.78, 5) is 12.8. The zero-order chi connectivity index (χ0) is 17.0. The van der Waals surface area contributed by atoms with Crippen LogP contribution in [0.1, 0.15) is 6.92 Å². The fraction of sp³-hybridized carbons (Fsp3) is 0.200. The summed E-state index contributed by atoms with van der Waals surface area (Å²) >= 11 is 0. The number of hydrogen-bond acceptors (Lipinski definition) is 4. The molecule has 5 nitrogen and oxygen atoms in total. The van der Waals surface area contributed by atoms with Crippen molar-refractivity contribution in [3.05, 3.63) is 70.8 Å². The zero-order valence-corrected chi connectivity index (χ0v) is 12.3. The van der Waals surface area contributed by atoms with E-state index in [1.54, 1.807) is 23.3 Å². The van der Waals surface area contributed by atoms with Gasteiger partial charge in [-0.05, 0) is 13.0 Å². The van der Waals surface area contributed by atoms with Crippen molar-refractivity contribution < 1.29 is 13.2 Å². The van der Waals surface area contributed by atoms with Crippen molar-refractivity contribution in [2.45, 2.75) is 13.0 Å². The smallest absolute Gasteiger partial charge is 0.194 e. The van der Waals surface area contributed by atoms with E-state index in [-0.39, 0.29) is 18.3 Å². The van der Waals surface area contributed by atoms with Crippen LogP contribution in [0.25, 0.3) is 0 Å². The second kappa shape index (κ2) is 6.99. The SMILES string of the molecule is CC1C=CC=C(CN(N=O)c2cc(F)c(F)c(F)c2)N1/C=C\N. The molecule has 0 aliphatic carbocycles. The molecule has 0 spiro atoms. The van der Waals surface area contributed by atoms with Crippen LogP contribution in [-0.2, 0) is 0 Å². The lowest BCUT2D eigenvalue weighted by Crippen LogP contribution is -2.34. The molecule has 1 aromatic carbocycles. The molecule has 0 saturated carbocycles. The maximum absolute atomic E-state index is 13.3. The molecule has 0 saturated heterocycles. The lowest BCUT2D eigenvalue weighted by atomic mass is 10.1. The monoisotopic (exact) mass is 324 g/mol. The van der Waals surface area contributed by atoms with Gasteiger partial charge in [0.15, 0.2) is 17.5 Å². The first-order valence-corrected chi connectivity index (χ1v) is 6.77. The molecule has 8 heteroatoms. The van der Waals surface area contributed by atoms with E-state index in [1.165, 1.54) is 6.20 Å². The highest BCUT2D eigenvalue weighted by Gasteiger charge is 2.21. The molecule has 1 heterocycles. The number of nitrogens with two attached hydrogens (primary N) is 1. The van der Waals surface area contributed by atoms with E-state index < -0.39 is 17.5 Å². The second-order valence-electron chi connectivity index (χ2n) is 4.89. The maximum Gasteiger partial charge on any atom is 0.194 e. The summed E-state index contributed by atoms with van der Waals surface area (Å²) < 4.78 is 39.7. The first-order valence-electron chi connectivity index (χ1n) is 6.77. The van der Waals surface area contributed by atoms with Gasteiger partial charge in [0.2, 0.25) is 0 Å². The van der Waals surface area contributed by atoms with Crippen molar-refractivity contribution in [3.63, 3.8) is 0 Å². The molecular formula is C15H15F3N4O. The number of nitroso groups, excluding NO2 is 1. The highest BCUT2D eigenvalue weighted by molar-refractivity contribution is 5.48. The number of halogens is 3. The Morgan fingerprint density at radius 2 is 2.00 bits per heavy atom. The topological polar surface area (TPSA) is 61.9 Å². The van der Waals surface area contributed by atoms with Gasteiger partial charge in [-0.1, -0.05) is 12.2 Å². The molecule has 1 unspecified atom stereocenters. The number of hydrogen-bond donors (Lipinski definition) is 1. The van der Waals surface area contributed by atoms with E-state index in [2.05, 4.69) is 5.29 Å². The van der Waals surface area contributed by atoms with Crippen LogP contribution >= 0.6 is 0 Å². The summed E-state index contributed by atoms with van der Waals surface area (Å²) in [6.45, 7) is 1.84. The standard InChI is InChI=1S/C15H15F3N4O/c1-10-3-2-4-11(21(10)6-5-19)9-22(20-23)12-7-13(16)15(18)14(17)8-12/h2-8,10H,9,19H2,1H3/b6-5-. The minimum atomic E-state index is -1.60. The Morgan fingerprint density at radius 3 is 2.57 bits per heavy atom. The molecule has 1 atom stereocenters. The fourth-order valence-electron chi connectivity index (χ4n) is 2.24. The largest absolute Gasteiger partial charge is 0.403 e.